The highest BCUT2D eigenvalue weighted by molar-refractivity contribution is 6.32. The van der Waals surface area contributed by atoms with E-state index in [1.807, 2.05) is 42.2 Å². The van der Waals surface area contributed by atoms with E-state index in [-0.39, 0.29) is 17.3 Å². The highest BCUT2D eigenvalue weighted by atomic mass is 16.5. The predicted octanol–water partition coefficient (Wildman–Crippen LogP) is 6.34. The van der Waals surface area contributed by atoms with Crippen molar-refractivity contribution in [2.75, 3.05) is 26.2 Å². The molecule has 0 radical (unpaired) electrons. The molecule has 4 aromatic carbocycles. The first kappa shape index (κ1) is 27.7. The van der Waals surface area contributed by atoms with E-state index >= 15 is 0 Å². The van der Waals surface area contributed by atoms with Crippen LogP contribution in [0.15, 0.2) is 91.0 Å². The molecule has 0 saturated carbocycles. The second-order valence-electron chi connectivity index (χ2n) is 11.5. The fourth-order valence-corrected chi connectivity index (χ4v) is 7.46. The van der Waals surface area contributed by atoms with E-state index in [1.165, 1.54) is 7.11 Å². The van der Waals surface area contributed by atoms with Crippen molar-refractivity contribution in [1.82, 2.24) is 0 Å². The number of hydrogen-bond donors (Lipinski definition) is 0. The van der Waals surface area contributed by atoms with Crippen molar-refractivity contribution in [3.05, 3.63) is 124 Å². The lowest BCUT2D eigenvalue weighted by Gasteiger charge is -2.37. The monoisotopic (exact) mass is 585 g/mol. The molecule has 0 aromatic heterocycles. The molecule has 1 fully saturated rings. The number of Topliss-reactive ketones (excluding diaryl/α,β-unsaturated/α-hetero) is 3. The molecule has 4 aromatic rings. The largest absolute Gasteiger partial charge is 0.497 e. The van der Waals surface area contributed by atoms with Crippen molar-refractivity contribution < 1.29 is 28.6 Å². The van der Waals surface area contributed by atoms with Crippen LogP contribution in [0, 0.1) is 12.3 Å². The summed E-state index contributed by atoms with van der Waals surface area (Å²) in [6.45, 7) is 2.01. The Labute approximate surface area is 255 Å². The Balaban J connectivity index is 1.55. The van der Waals surface area contributed by atoms with Gasteiger partial charge in [-0.2, -0.15) is 0 Å². The van der Waals surface area contributed by atoms with Gasteiger partial charge in [0.05, 0.1) is 27.4 Å². The van der Waals surface area contributed by atoms with Gasteiger partial charge in [0.1, 0.15) is 17.2 Å². The molecule has 3 aliphatic rings. The molecule has 1 unspecified atom stereocenters. The third-order valence-corrected chi connectivity index (χ3v) is 9.35. The SMILES string of the molecule is COc1cccc(C(=O)[C@@H]2[C@@H](c3ccc(OC)c(OC)c3)C3(C(=O)c4ccccc4C3=O)C3C=Cc4cc(C)ccc4N32)c1. The minimum atomic E-state index is -1.61. The van der Waals surface area contributed by atoms with Gasteiger partial charge in [0.15, 0.2) is 28.8 Å². The molecule has 7 nitrogen and oxygen atoms in total. The molecule has 0 amide bonds. The number of benzene rings is 4. The van der Waals surface area contributed by atoms with Crippen LogP contribution in [0.1, 0.15) is 53.7 Å². The van der Waals surface area contributed by atoms with Gasteiger partial charge in [-0.05, 0) is 54.4 Å². The maximum atomic E-state index is 14.9. The number of nitrogens with zero attached hydrogens (tertiary/aromatic N) is 1. The molecule has 2 heterocycles. The Morgan fingerprint density at radius 1 is 0.773 bits per heavy atom. The molecule has 1 saturated heterocycles. The van der Waals surface area contributed by atoms with Crippen molar-refractivity contribution in [3.63, 3.8) is 0 Å². The number of ketones is 3. The molecule has 1 aliphatic carbocycles. The lowest BCUT2D eigenvalue weighted by molar-refractivity contribution is 0.0665. The van der Waals surface area contributed by atoms with Crippen molar-refractivity contribution in [3.8, 4) is 17.2 Å². The highest BCUT2D eigenvalue weighted by Gasteiger charge is 2.71. The summed E-state index contributed by atoms with van der Waals surface area (Å²) in [5.74, 6) is -0.163. The molecule has 0 bridgehead atoms. The predicted molar refractivity (Wildman–Crippen MR) is 167 cm³/mol. The molecular formula is C37H31NO6. The van der Waals surface area contributed by atoms with Crippen molar-refractivity contribution in [1.29, 1.82) is 0 Å². The van der Waals surface area contributed by atoms with Crippen LogP contribution in [-0.4, -0.2) is 50.8 Å². The second-order valence-corrected chi connectivity index (χ2v) is 11.5. The standard InChI is InChI=1S/C37H31NO6/c1-21-12-15-28-22(18-21)14-17-31-37(35(40)26-10-5-6-11-27(26)36(37)41)32(23-13-16-29(43-3)30(20-23)44-4)33(38(28)31)34(39)24-8-7-9-25(19-24)42-2/h5-20,31-33H,1-4H3/t31?,32-,33+/m1/s1. The Morgan fingerprint density at radius 2 is 1.50 bits per heavy atom. The fourth-order valence-electron chi connectivity index (χ4n) is 7.46. The normalized spacial score (nSPS) is 20.7. The number of hydrogen-bond acceptors (Lipinski definition) is 7. The van der Waals surface area contributed by atoms with Gasteiger partial charge >= 0.3 is 0 Å². The number of carbonyl (C=O) groups is 3. The summed E-state index contributed by atoms with van der Waals surface area (Å²) >= 11 is 0. The maximum absolute atomic E-state index is 14.9. The van der Waals surface area contributed by atoms with Gasteiger partial charge in [0.25, 0.3) is 0 Å². The number of rotatable bonds is 6. The van der Waals surface area contributed by atoms with Crippen LogP contribution in [0.2, 0.25) is 0 Å². The Hall–Kier alpha value is -5.17. The van der Waals surface area contributed by atoms with Crippen LogP contribution in [0.5, 0.6) is 17.2 Å². The summed E-state index contributed by atoms with van der Waals surface area (Å²) < 4.78 is 16.7. The Kier molecular flexibility index (Phi) is 6.43. The van der Waals surface area contributed by atoms with Crippen LogP contribution in [0.3, 0.4) is 0 Å². The third kappa shape index (κ3) is 3.71. The quantitative estimate of drug-likeness (QED) is 0.193. The van der Waals surface area contributed by atoms with Gasteiger partial charge < -0.3 is 19.1 Å². The number of fused-ring (bicyclic) bond motifs is 5. The van der Waals surface area contributed by atoms with E-state index in [0.29, 0.717) is 39.5 Å². The smallest absolute Gasteiger partial charge is 0.186 e. The fraction of sp³-hybridized carbons (Fsp3) is 0.216. The van der Waals surface area contributed by atoms with E-state index in [2.05, 4.69) is 6.07 Å². The lowest BCUT2D eigenvalue weighted by atomic mass is 9.64. The topological polar surface area (TPSA) is 82.1 Å². The van der Waals surface area contributed by atoms with Crippen LogP contribution in [0.4, 0.5) is 5.69 Å². The van der Waals surface area contributed by atoms with Crippen molar-refractivity contribution in [2.24, 2.45) is 5.41 Å². The summed E-state index contributed by atoms with van der Waals surface area (Å²) in [5, 5.41) is 0. The van der Waals surface area contributed by atoms with Gasteiger partial charge in [0.2, 0.25) is 0 Å². The van der Waals surface area contributed by atoms with Crippen LogP contribution >= 0.6 is 0 Å². The van der Waals surface area contributed by atoms with E-state index in [4.69, 9.17) is 14.2 Å². The van der Waals surface area contributed by atoms with Crippen LogP contribution < -0.4 is 19.1 Å². The van der Waals surface area contributed by atoms with Crippen LogP contribution in [-0.2, 0) is 0 Å². The average Bonchev–Trinajstić information content (AvgIpc) is 3.49. The van der Waals surface area contributed by atoms with E-state index in [0.717, 1.165) is 16.8 Å². The number of aryl methyl sites for hydroxylation is 1. The van der Waals surface area contributed by atoms with Gasteiger partial charge in [-0.3, -0.25) is 14.4 Å². The first-order chi connectivity index (χ1) is 21.3. The molecule has 0 N–H and O–H groups in total. The summed E-state index contributed by atoms with van der Waals surface area (Å²) in [6.07, 6.45) is 3.90. The molecular weight excluding hydrogens is 554 g/mol. The summed E-state index contributed by atoms with van der Waals surface area (Å²) in [6, 6.07) is 23.7. The Morgan fingerprint density at radius 3 is 2.18 bits per heavy atom. The number of anilines is 1. The van der Waals surface area contributed by atoms with E-state index in [9.17, 15) is 14.4 Å². The van der Waals surface area contributed by atoms with Crippen molar-refractivity contribution >= 4 is 29.1 Å². The number of ether oxygens (including phenoxy) is 3. The zero-order valence-corrected chi connectivity index (χ0v) is 24.9. The van der Waals surface area contributed by atoms with E-state index in [1.54, 1.807) is 74.9 Å². The molecule has 2 aliphatic heterocycles. The van der Waals surface area contributed by atoms with Gasteiger partial charge in [-0.25, -0.2) is 0 Å². The first-order valence-corrected chi connectivity index (χ1v) is 14.5. The molecule has 3 atom stereocenters. The maximum Gasteiger partial charge on any atom is 0.186 e. The van der Waals surface area contributed by atoms with Gasteiger partial charge in [-0.1, -0.05) is 66.2 Å². The average molecular weight is 586 g/mol. The van der Waals surface area contributed by atoms with Crippen molar-refractivity contribution in [2.45, 2.75) is 24.9 Å². The second kappa shape index (κ2) is 10.2. The number of carbonyl (C=O) groups excluding carboxylic acids is 3. The summed E-state index contributed by atoms with van der Waals surface area (Å²) in [5.41, 5.74) is 2.98. The first-order valence-electron chi connectivity index (χ1n) is 14.5. The highest BCUT2D eigenvalue weighted by Crippen LogP contribution is 2.61. The molecule has 7 heteroatoms. The van der Waals surface area contributed by atoms with Gasteiger partial charge in [-0.15, -0.1) is 0 Å². The molecule has 1 spiro atoms. The number of methoxy groups -OCH3 is 3. The van der Waals surface area contributed by atoms with E-state index < -0.39 is 23.4 Å². The zero-order chi connectivity index (χ0) is 30.7. The van der Waals surface area contributed by atoms with Gasteiger partial charge in [0, 0.05) is 28.3 Å². The zero-order valence-electron chi connectivity index (χ0n) is 24.9. The Bertz CT molecular complexity index is 1860. The molecule has 44 heavy (non-hydrogen) atoms. The third-order valence-electron chi connectivity index (χ3n) is 9.35. The minimum Gasteiger partial charge on any atom is -0.497 e. The summed E-state index contributed by atoms with van der Waals surface area (Å²) in [4.78, 5) is 46.6. The minimum absolute atomic E-state index is 0.219. The molecule has 220 valence electrons. The lowest BCUT2D eigenvalue weighted by Crippen LogP contribution is -2.48. The summed E-state index contributed by atoms with van der Waals surface area (Å²) in [7, 11) is 4.64. The van der Waals surface area contributed by atoms with Crippen LogP contribution in [0.25, 0.3) is 6.08 Å². The molecule has 7 rings (SSSR count).